The highest BCUT2D eigenvalue weighted by atomic mass is 16.5. The molecule has 148 valence electrons. The number of rotatable bonds is 10. The molecule has 2 amide bonds. The van der Waals surface area contributed by atoms with Gasteiger partial charge in [-0.2, -0.15) is 0 Å². The van der Waals surface area contributed by atoms with Crippen molar-refractivity contribution in [3.8, 4) is 11.5 Å². The largest absolute Gasteiger partial charge is 0.504 e. The highest BCUT2D eigenvalue weighted by Gasteiger charge is 2.34. The van der Waals surface area contributed by atoms with E-state index in [1.807, 2.05) is 12.1 Å². The summed E-state index contributed by atoms with van der Waals surface area (Å²) in [7, 11) is 1.54. The van der Waals surface area contributed by atoms with Crippen molar-refractivity contribution in [3.63, 3.8) is 0 Å². The van der Waals surface area contributed by atoms with Crippen molar-refractivity contribution in [2.45, 2.75) is 32.2 Å². The molecule has 0 atom stereocenters. The van der Waals surface area contributed by atoms with Crippen molar-refractivity contribution < 1.29 is 19.4 Å². The second-order valence-electron chi connectivity index (χ2n) is 6.90. The summed E-state index contributed by atoms with van der Waals surface area (Å²) in [5.41, 5.74) is 2.09. The number of methoxy groups -OCH3 is 1. The first-order chi connectivity index (χ1) is 13.6. The number of nitrogens with one attached hydrogen (secondary N) is 1. The molecule has 2 aromatic carbocycles. The molecule has 2 aromatic rings. The maximum absolute atomic E-state index is 12.3. The smallest absolute Gasteiger partial charge is 0.261 e. The second-order valence-corrected chi connectivity index (χ2v) is 6.90. The van der Waals surface area contributed by atoms with Crippen LogP contribution in [0.25, 0.3) is 0 Å². The van der Waals surface area contributed by atoms with Gasteiger partial charge in [-0.3, -0.25) is 14.5 Å². The molecule has 0 aliphatic carbocycles. The molecule has 1 aliphatic rings. The van der Waals surface area contributed by atoms with E-state index in [0.717, 1.165) is 37.8 Å². The van der Waals surface area contributed by atoms with E-state index in [1.165, 1.54) is 12.0 Å². The lowest BCUT2D eigenvalue weighted by Crippen LogP contribution is -2.30. The number of hydrogen-bond acceptors (Lipinski definition) is 5. The third-order valence-electron chi connectivity index (χ3n) is 4.94. The average molecular weight is 382 g/mol. The van der Waals surface area contributed by atoms with Gasteiger partial charge in [-0.05, 0) is 49.2 Å². The number of phenols is 1. The van der Waals surface area contributed by atoms with E-state index in [1.54, 1.807) is 30.3 Å². The summed E-state index contributed by atoms with van der Waals surface area (Å²) in [6.45, 7) is 2.08. The van der Waals surface area contributed by atoms with Crippen LogP contribution in [0.15, 0.2) is 42.5 Å². The topological polar surface area (TPSA) is 78.9 Å². The molecule has 28 heavy (non-hydrogen) atoms. The molecule has 0 radical (unpaired) electrons. The summed E-state index contributed by atoms with van der Waals surface area (Å²) < 4.78 is 5.11. The number of carbonyl (C=O) groups excluding carboxylic acids is 2. The number of aromatic hydroxyl groups is 1. The molecule has 0 bridgehead atoms. The molecule has 6 nitrogen and oxygen atoms in total. The molecule has 2 N–H and O–H groups in total. The Morgan fingerprint density at radius 2 is 1.64 bits per heavy atom. The molecule has 0 fully saturated rings. The number of ether oxygens (including phenoxy) is 1. The van der Waals surface area contributed by atoms with Crippen LogP contribution in [0.4, 0.5) is 0 Å². The van der Waals surface area contributed by atoms with Crippen LogP contribution in [-0.2, 0) is 6.54 Å². The Morgan fingerprint density at radius 3 is 2.32 bits per heavy atom. The standard InChI is InChI=1S/C22H26N2O4/c1-28-20-14-16(10-11-19(20)25)15-23-12-6-2-3-7-13-24-21(26)17-8-4-5-9-18(17)22(24)27/h4-5,8-11,14,23,25H,2-3,6-7,12-13,15H2,1H3. The van der Waals surface area contributed by atoms with Crippen LogP contribution in [0.3, 0.4) is 0 Å². The van der Waals surface area contributed by atoms with Crippen LogP contribution in [0, 0.1) is 0 Å². The number of imide groups is 1. The van der Waals surface area contributed by atoms with Gasteiger partial charge in [0.15, 0.2) is 11.5 Å². The Morgan fingerprint density at radius 1 is 0.964 bits per heavy atom. The quantitative estimate of drug-likeness (QED) is 0.487. The lowest BCUT2D eigenvalue weighted by Gasteiger charge is -2.13. The highest BCUT2D eigenvalue weighted by molar-refractivity contribution is 6.21. The van der Waals surface area contributed by atoms with Gasteiger partial charge in [0.05, 0.1) is 18.2 Å². The van der Waals surface area contributed by atoms with Crippen molar-refractivity contribution in [1.82, 2.24) is 10.2 Å². The minimum absolute atomic E-state index is 0.143. The highest BCUT2D eigenvalue weighted by Crippen LogP contribution is 2.26. The Balaban J connectivity index is 1.30. The minimum Gasteiger partial charge on any atom is -0.504 e. The zero-order valence-electron chi connectivity index (χ0n) is 16.1. The SMILES string of the molecule is COc1cc(CNCCCCCCN2C(=O)c3ccccc3C2=O)ccc1O. The van der Waals surface area contributed by atoms with Crippen molar-refractivity contribution in [3.05, 3.63) is 59.2 Å². The Labute approximate surface area is 165 Å². The third-order valence-corrected chi connectivity index (χ3v) is 4.94. The van der Waals surface area contributed by atoms with Gasteiger partial charge in [-0.1, -0.05) is 31.0 Å². The van der Waals surface area contributed by atoms with Gasteiger partial charge in [-0.15, -0.1) is 0 Å². The molecule has 0 unspecified atom stereocenters. The molecular formula is C22H26N2O4. The van der Waals surface area contributed by atoms with Gasteiger partial charge < -0.3 is 15.2 Å². The number of benzene rings is 2. The first kappa shape index (κ1) is 19.9. The van der Waals surface area contributed by atoms with Gasteiger partial charge in [0, 0.05) is 13.1 Å². The summed E-state index contributed by atoms with van der Waals surface area (Å²) in [5.74, 6) is 0.273. The van der Waals surface area contributed by atoms with Gasteiger partial charge in [0.2, 0.25) is 0 Å². The van der Waals surface area contributed by atoms with Gasteiger partial charge in [0.25, 0.3) is 11.8 Å². The normalized spacial score (nSPS) is 13.1. The maximum atomic E-state index is 12.3. The molecule has 1 aliphatic heterocycles. The number of nitrogens with zero attached hydrogens (tertiary/aromatic N) is 1. The summed E-state index contributed by atoms with van der Waals surface area (Å²) in [5, 5.41) is 13.0. The molecule has 0 saturated heterocycles. The third kappa shape index (κ3) is 4.51. The van der Waals surface area contributed by atoms with Crippen LogP contribution in [0.1, 0.15) is 52.0 Å². The number of fused-ring (bicyclic) bond motifs is 1. The molecule has 0 aromatic heterocycles. The first-order valence-corrected chi connectivity index (χ1v) is 9.63. The van der Waals surface area contributed by atoms with Crippen molar-refractivity contribution in [2.24, 2.45) is 0 Å². The number of hydrogen-bond donors (Lipinski definition) is 2. The van der Waals surface area contributed by atoms with Gasteiger partial charge in [-0.25, -0.2) is 0 Å². The molecule has 0 saturated carbocycles. The number of carbonyl (C=O) groups is 2. The summed E-state index contributed by atoms with van der Waals surface area (Å²) in [6.07, 6.45) is 3.86. The van der Waals surface area contributed by atoms with E-state index in [4.69, 9.17) is 4.74 Å². The molecule has 6 heteroatoms. The lowest BCUT2D eigenvalue weighted by atomic mass is 10.1. The Kier molecular flexibility index (Phi) is 6.66. The zero-order chi connectivity index (χ0) is 19.9. The Bertz CT molecular complexity index is 815. The zero-order valence-corrected chi connectivity index (χ0v) is 16.1. The molecule has 1 heterocycles. The average Bonchev–Trinajstić information content (AvgIpc) is 2.96. The number of unbranched alkanes of at least 4 members (excludes halogenated alkanes) is 3. The fourth-order valence-corrected chi connectivity index (χ4v) is 3.38. The van der Waals surface area contributed by atoms with E-state index >= 15 is 0 Å². The van der Waals surface area contributed by atoms with Crippen molar-refractivity contribution >= 4 is 11.8 Å². The predicted molar refractivity (Wildman–Crippen MR) is 107 cm³/mol. The molecular weight excluding hydrogens is 356 g/mol. The van der Waals surface area contributed by atoms with Crippen LogP contribution < -0.4 is 10.1 Å². The maximum Gasteiger partial charge on any atom is 0.261 e. The molecule has 0 spiro atoms. The van der Waals surface area contributed by atoms with Crippen molar-refractivity contribution in [1.29, 1.82) is 0 Å². The Hall–Kier alpha value is -2.86. The van der Waals surface area contributed by atoms with Crippen LogP contribution >= 0.6 is 0 Å². The van der Waals surface area contributed by atoms with E-state index in [-0.39, 0.29) is 17.6 Å². The van der Waals surface area contributed by atoms with E-state index in [9.17, 15) is 14.7 Å². The fourth-order valence-electron chi connectivity index (χ4n) is 3.38. The van der Waals surface area contributed by atoms with Gasteiger partial charge in [0.1, 0.15) is 0 Å². The van der Waals surface area contributed by atoms with Crippen LogP contribution in [0.2, 0.25) is 0 Å². The summed E-state index contributed by atoms with van der Waals surface area (Å²) in [4.78, 5) is 25.9. The fraction of sp³-hybridized carbons (Fsp3) is 0.364. The van der Waals surface area contributed by atoms with Gasteiger partial charge >= 0.3 is 0 Å². The minimum atomic E-state index is -0.174. The van der Waals surface area contributed by atoms with E-state index in [0.29, 0.717) is 30.0 Å². The molecule has 3 rings (SSSR count). The van der Waals surface area contributed by atoms with Crippen molar-refractivity contribution in [2.75, 3.05) is 20.2 Å². The van der Waals surface area contributed by atoms with Crippen LogP contribution in [-0.4, -0.2) is 42.0 Å². The summed E-state index contributed by atoms with van der Waals surface area (Å²) >= 11 is 0. The van der Waals surface area contributed by atoms with E-state index in [2.05, 4.69) is 5.32 Å². The second kappa shape index (κ2) is 9.37. The predicted octanol–water partition coefficient (Wildman–Crippen LogP) is 3.35. The number of amides is 2. The monoisotopic (exact) mass is 382 g/mol. The first-order valence-electron chi connectivity index (χ1n) is 9.63. The van der Waals surface area contributed by atoms with E-state index < -0.39 is 0 Å². The number of phenolic OH excluding ortho intramolecular Hbond substituents is 1. The summed E-state index contributed by atoms with van der Waals surface area (Å²) in [6, 6.07) is 12.3. The van der Waals surface area contributed by atoms with Crippen LogP contribution in [0.5, 0.6) is 11.5 Å². The lowest BCUT2D eigenvalue weighted by molar-refractivity contribution is 0.0651.